The summed E-state index contributed by atoms with van der Waals surface area (Å²) in [5, 5.41) is 20.5. The summed E-state index contributed by atoms with van der Waals surface area (Å²) < 4.78 is 5.32. The van der Waals surface area contributed by atoms with Crippen molar-refractivity contribution in [2.24, 2.45) is 17.3 Å². The highest BCUT2D eigenvalue weighted by atomic mass is 16.5. The number of aryl methyl sites for hydroxylation is 1. The molecule has 0 radical (unpaired) electrons. The molecular formula is C19H26O3. The smallest absolute Gasteiger partial charge is 0.160 e. The van der Waals surface area contributed by atoms with Crippen LogP contribution in [0.3, 0.4) is 0 Å². The first kappa shape index (κ1) is 14.4. The Balaban J connectivity index is 1.72. The van der Waals surface area contributed by atoms with Crippen molar-refractivity contribution in [3.8, 4) is 11.5 Å². The molecule has 1 aromatic carbocycles. The van der Waals surface area contributed by atoms with Crippen LogP contribution in [0.25, 0.3) is 0 Å². The topological polar surface area (TPSA) is 49.7 Å². The summed E-state index contributed by atoms with van der Waals surface area (Å²) in [5.41, 5.74) is 2.80. The Morgan fingerprint density at radius 2 is 2.00 bits per heavy atom. The van der Waals surface area contributed by atoms with Crippen LogP contribution in [0.2, 0.25) is 0 Å². The molecule has 3 aliphatic carbocycles. The molecule has 0 heterocycles. The van der Waals surface area contributed by atoms with Crippen molar-refractivity contribution in [2.45, 2.75) is 57.5 Å². The largest absolute Gasteiger partial charge is 0.504 e. The third kappa shape index (κ3) is 1.84. The van der Waals surface area contributed by atoms with Crippen molar-refractivity contribution < 1.29 is 14.9 Å². The van der Waals surface area contributed by atoms with Crippen molar-refractivity contribution in [1.82, 2.24) is 0 Å². The lowest BCUT2D eigenvalue weighted by molar-refractivity contribution is -0.0226. The predicted octanol–water partition coefficient (Wildman–Crippen LogP) is 3.62. The maximum atomic E-state index is 10.4. The minimum atomic E-state index is -0.116. The van der Waals surface area contributed by atoms with E-state index in [0.717, 1.165) is 25.7 Å². The molecule has 3 heteroatoms. The average Bonchev–Trinajstić information content (AvgIpc) is 2.82. The van der Waals surface area contributed by atoms with E-state index in [1.54, 1.807) is 7.11 Å². The summed E-state index contributed by atoms with van der Waals surface area (Å²) in [6, 6.07) is 3.97. The molecule has 0 aliphatic heterocycles. The normalized spacial score (nSPS) is 39.8. The van der Waals surface area contributed by atoms with Crippen molar-refractivity contribution in [3.63, 3.8) is 0 Å². The van der Waals surface area contributed by atoms with Crippen LogP contribution in [0.4, 0.5) is 0 Å². The second-order valence-corrected chi connectivity index (χ2v) is 7.78. The van der Waals surface area contributed by atoms with Gasteiger partial charge in [0.1, 0.15) is 0 Å². The van der Waals surface area contributed by atoms with Gasteiger partial charge in [-0.2, -0.15) is 0 Å². The zero-order valence-corrected chi connectivity index (χ0v) is 13.5. The van der Waals surface area contributed by atoms with Crippen LogP contribution < -0.4 is 4.74 Å². The van der Waals surface area contributed by atoms with Gasteiger partial charge in [-0.1, -0.05) is 6.92 Å². The molecule has 0 unspecified atom stereocenters. The first-order valence-corrected chi connectivity index (χ1v) is 8.62. The Bertz CT molecular complexity index is 597. The van der Waals surface area contributed by atoms with Gasteiger partial charge in [0.25, 0.3) is 0 Å². The first-order valence-electron chi connectivity index (χ1n) is 8.62. The number of fused-ring (bicyclic) bond motifs is 5. The van der Waals surface area contributed by atoms with Gasteiger partial charge in [-0.05, 0) is 85.0 Å². The summed E-state index contributed by atoms with van der Waals surface area (Å²) in [6.07, 6.45) is 6.51. The molecule has 2 N–H and O–H groups in total. The van der Waals surface area contributed by atoms with Crippen LogP contribution >= 0.6 is 0 Å². The number of aliphatic hydroxyl groups is 1. The summed E-state index contributed by atoms with van der Waals surface area (Å²) in [4.78, 5) is 0. The average molecular weight is 302 g/mol. The fraction of sp³-hybridized carbons (Fsp3) is 0.684. The lowest BCUT2D eigenvalue weighted by atomic mass is 9.55. The third-order valence-corrected chi connectivity index (χ3v) is 6.97. The second-order valence-electron chi connectivity index (χ2n) is 7.78. The highest BCUT2D eigenvalue weighted by molar-refractivity contribution is 5.49. The van der Waals surface area contributed by atoms with Gasteiger partial charge in [0.15, 0.2) is 11.5 Å². The SMILES string of the molecule is COc1cc2c(cc1O)CC[C@@H]1[C@@H]2CC[C@]2(C)[C@H](O)CC[C@@H]12. The monoisotopic (exact) mass is 302 g/mol. The van der Waals surface area contributed by atoms with Crippen molar-refractivity contribution >= 4 is 0 Å². The van der Waals surface area contributed by atoms with E-state index in [9.17, 15) is 10.2 Å². The Hall–Kier alpha value is -1.22. The molecular weight excluding hydrogens is 276 g/mol. The van der Waals surface area contributed by atoms with Crippen molar-refractivity contribution in [1.29, 1.82) is 0 Å². The van der Waals surface area contributed by atoms with Gasteiger partial charge in [-0.25, -0.2) is 0 Å². The molecule has 0 spiro atoms. The number of rotatable bonds is 1. The molecule has 0 aromatic heterocycles. The molecule has 120 valence electrons. The van der Waals surface area contributed by atoms with Crippen molar-refractivity contribution in [3.05, 3.63) is 23.3 Å². The minimum absolute atomic E-state index is 0.116. The number of ether oxygens (including phenoxy) is 1. The molecule has 0 bridgehead atoms. The number of hydrogen-bond donors (Lipinski definition) is 2. The number of phenolic OH excluding ortho intramolecular Hbond substituents is 1. The van der Waals surface area contributed by atoms with Crippen LogP contribution in [0.1, 0.15) is 56.1 Å². The lowest BCUT2D eigenvalue weighted by Gasteiger charge is -2.50. The molecule has 1 aromatic rings. The van der Waals surface area contributed by atoms with E-state index in [2.05, 4.69) is 13.0 Å². The molecule has 3 aliphatic rings. The van der Waals surface area contributed by atoms with E-state index < -0.39 is 0 Å². The lowest BCUT2D eigenvalue weighted by Crippen LogP contribution is -2.43. The maximum Gasteiger partial charge on any atom is 0.160 e. The van der Waals surface area contributed by atoms with Crippen molar-refractivity contribution in [2.75, 3.05) is 7.11 Å². The number of hydrogen-bond acceptors (Lipinski definition) is 3. The zero-order chi connectivity index (χ0) is 15.5. The summed E-state index contributed by atoms with van der Waals surface area (Å²) in [6.45, 7) is 2.30. The van der Waals surface area contributed by atoms with Crippen LogP contribution in [0.5, 0.6) is 11.5 Å². The van der Waals surface area contributed by atoms with E-state index in [-0.39, 0.29) is 17.3 Å². The van der Waals surface area contributed by atoms with E-state index in [4.69, 9.17) is 4.74 Å². The molecule has 0 saturated heterocycles. The van der Waals surface area contributed by atoms with Gasteiger partial charge in [0.2, 0.25) is 0 Å². The molecule has 0 amide bonds. The van der Waals surface area contributed by atoms with Gasteiger partial charge in [0.05, 0.1) is 13.2 Å². The van der Waals surface area contributed by atoms with E-state index >= 15 is 0 Å². The van der Waals surface area contributed by atoms with E-state index in [1.165, 1.54) is 24.0 Å². The highest BCUT2D eigenvalue weighted by Gasteiger charge is 2.54. The Kier molecular flexibility index (Phi) is 3.19. The second kappa shape index (κ2) is 4.89. The van der Waals surface area contributed by atoms with Gasteiger partial charge in [0, 0.05) is 0 Å². The fourth-order valence-electron chi connectivity index (χ4n) is 5.72. The minimum Gasteiger partial charge on any atom is -0.504 e. The van der Waals surface area contributed by atoms with Crippen LogP contribution in [0, 0.1) is 17.3 Å². The van der Waals surface area contributed by atoms with E-state index in [1.807, 2.05) is 6.07 Å². The number of phenols is 1. The number of aromatic hydroxyl groups is 1. The van der Waals surface area contributed by atoms with Gasteiger partial charge < -0.3 is 14.9 Å². The first-order chi connectivity index (χ1) is 10.5. The molecule has 22 heavy (non-hydrogen) atoms. The van der Waals surface area contributed by atoms with Gasteiger partial charge >= 0.3 is 0 Å². The number of methoxy groups -OCH3 is 1. The summed E-state index contributed by atoms with van der Waals surface area (Å²) in [5.74, 6) is 2.75. The predicted molar refractivity (Wildman–Crippen MR) is 85.3 cm³/mol. The molecule has 5 atom stereocenters. The van der Waals surface area contributed by atoms with Crippen LogP contribution in [-0.4, -0.2) is 23.4 Å². The van der Waals surface area contributed by atoms with Gasteiger partial charge in [-0.15, -0.1) is 0 Å². The fourth-order valence-corrected chi connectivity index (χ4v) is 5.72. The van der Waals surface area contributed by atoms with Gasteiger partial charge in [-0.3, -0.25) is 0 Å². The number of benzene rings is 1. The third-order valence-electron chi connectivity index (χ3n) is 6.97. The Morgan fingerprint density at radius 3 is 2.77 bits per heavy atom. The molecule has 2 fully saturated rings. The number of aliphatic hydroxyl groups excluding tert-OH is 1. The van der Waals surface area contributed by atoms with Crippen LogP contribution in [0.15, 0.2) is 12.1 Å². The van der Waals surface area contributed by atoms with Crippen LogP contribution in [-0.2, 0) is 6.42 Å². The molecule has 3 nitrogen and oxygen atoms in total. The maximum absolute atomic E-state index is 10.4. The highest BCUT2D eigenvalue weighted by Crippen LogP contribution is 2.61. The standard InChI is InChI=1S/C19H26O3/c1-19-8-7-12-13(15(19)5-6-18(19)21)4-3-11-9-16(20)17(22-2)10-14(11)12/h9-10,12-13,15,18,20-21H,3-8H2,1-2H3/t12-,13+,15-,18+,19-/m0/s1. The Labute approximate surface area is 132 Å². The molecule has 2 saturated carbocycles. The Morgan fingerprint density at radius 1 is 1.18 bits per heavy atom. The summed E-state index contributed by atoms with van der Waals surface area (Å²) in [7, 11) is 1.62. The summed E-state index contributed by atoms with van der Waals surface area (Å²) >= 11 is 0. The zero-order valence-electron chi connectivity index (χ0n) is 13.5. The molecule has 4 rings (SSSR count). The van der Waals surface area contributed by atoms with E-state index in [0.29, 0.717) is 23.5 Å². The quantitative estimate of drug-likeness (QED) is 0.833.